The molecule has 0 saturated carbocycles. The topological polar surface area (TPSA) is 72.5 Å². The minimum atomic E-state index is -0.723. The van der Waals surface area contributed by atoms with E-state index in [1.807, 2.05) is 0 Å². The van der Waals surface area contributed by atoms with E-state index in [-0.39, 0.29) is 6.04 Å². The molecule has 0 aliphatic heterocycles. The monoisotopic (exact) mass is 161 g/mol. The molecule has 0 amide bonds. The molecule has 0 saturated heterocycles. The predicted octanol–water partition coefficient (Wildman–Crippen LogP) is -0.354. The number of aliphatic hydroxyl groups is 1. The van der Waals surface area contributed by atoms with E-state index >= 15 is 0 Å². The lowest BCUT2D eigenvalue weighted by atomic mass is 10.1. The van der Waals surface area contributed by atoms with Gasteiger partial charge in [-0.1, -0.05) is 0 Å². The lowest BCUT2D eigenvalue weighted by molar-refractivity contribution is -0.152. The lowest BCUT2D eigenvalue weighted by Gasteiger charge is -2.22. The molecule has 4 nitrogen and oxygen atoms in total. The van der Waals surface area contributed by atoms with Gasteiger partial charge in [-0.15, -0.1) is 0 Å². The van der Waals surface area contributed by atoms with Crippen LogP contribution in [0.5, 0.6) is 0 Å². The number of nitrogens with two attached hydrogens (primary N) is 1. The van der Waals surface area contributed by atoms with Crippen molar-refractivity contribution in [2.45, 2.75) is 39.0 Å². The van der Waals surface area contributed by atoms with Crippen LogP contribution in [0.2, 0.25) is 0 Å². The largest absolute Gasteiger partial charge is 0.458 e. The zero-order valence-electron chi connectivity index (χ0n) is 7.07. The number of aliphatic hydroxyl groups excluding tert-OH is 1. The molecule has 0 bridgehead atoms. The van der Waals surface area contributed by atoms with Crippen molar-refractivity contribution < 1.29 is 14.6 Å². The van der Waals surface area contributed by atoms with Gasteiger partial charge >= 0.3 is 5.97 Å². The van der Waals surface area contributed by atoms with Crippen molar-refractivity contribution in [3.05, 3.63) is 0 Å². The smallest absolute Gasteiger partial charge is 0.303 e. The van der Waals surface area contributed by atoms with Gasteiger partial charge in [0.25, 0.3) is 0 Å². The molecule has 0 heterocycles. The van der Waals surface area contributed by atoms with E-state index in [1.165, 1.54) is 13.8 Å². The highest BCUT2D eigenvalue weighted by Crippen LogP contribution is 2.03. The van der Waals surface area contributed by atoms with E-state index in [1.54, 1.807) is 6.92 Å². The summed E-state index contributed by atoms with van der Waals surface area (Å²) in [7, 11) is 0. The molecule has 0 aliphatic carbocycles. The summed E-state index contributed by atoms with van der Waals surface area (Å²) >= 11 is 0. The van der Waals surface area contributed by atoms with E-state index in [0.717, 1.165) is 0 Å². The first-order valence-corrected chi connectivity index (χ1v) is 3.56. The molecule has 0 aromatic heterocycles. The van der Waals surface area contributed by atoms with Crippen molar-refractivity contribution in [3.63, 3.8) is 0 Å². The Morgan fingerprint density at radius 3 is 2.09 bits per heavy atom. The van der Waals surface area contributed by atoms with Crippen molar-refractivity contribution in [1.29, 1.82) is 0 Å². The first-order valence-electron chi connectivity index (χ1n) is 3.56. The van der Waals surface area contributed by atoms with Crippen LogP contribution in [0.4, 0.5) is 0 Å². The molecule has 0 aromatic carbocycles. The van der Waals surface area contributed by atoms with Gasteiger partial charge in [0.1, 0.15) is 6.10 Å². The summed E-state index contributed by atoms with van der Waals surface area (Å²) in [5, 5.41) is 9.07. The van der Waals surface area contributed by atoms with Gasteiger partial charge in [-0.05, 0) is 13.8 Å². The zero-order valence-corrected chi connectivity index (χ0v) is 7.07. The Balaban J connectivity index is 4.00. The van der Waals surface area contributed by atoms with E-state index in [0.29, 0.717) is 0 Å². The van der Waals surface area contributed by atoms with E-state index in [4.69, 9.17) is 15.6 Å². The van der Waals surface area contributed by atoms with Crippen LogP contribution in [0.25, 0.3) is 0 Å². The molecule has 3 N–H and O–H groups in total. The molecule has 0 rings (SSSR count). The Morgan fingerprint density at radius 2 is 2.00 bits per heavy atom. The van der Waals surface area contributed by atoms with Crippen LogP contribution < -0.4 is 5.73 Å². The van der Waals surface area contributed by atoms with Crippen LogP contribution in [0.15, 0.2) is 0 Å². The Morgan fingerprint density at radius 1 is 1.55 bits per heavy atom. The molecule has 0 fully saturated rings. The SMILES string of the molecule is CC(=O)OC(C(C)N)C(C)O. The standard InChI is InChI=1S/C7H15NO3/c1-4(8)7(5(2)9)11-6(3)10/h4-5,7,9H,8H2,1-3H3. The number of esters is 1. The van der Waals surface area contributed by atoms with Gasteiger partial charge < -0.3 is 15.6 Å². The summed E-state index contributed by atoms with van der Waals surface area (Å²) < 4.78 is 4.76. The van der Waals surface area contributed by atoms with Gasteiger partial charge in [0.05, 0.1) is 6.10 Å². The van der Waals surface area contributed by atoms with E-state index in [9.17, 15) is 4.79 Å². The molecule has 0 aromatic rings. The molecule has 0 aliphatic rings. The molecule has 0 spiro atoms. The summed E-state index contributed by atoms with van der Waals surface area (Å²) in [4.78, 5) is 10.5. The van der Waals surface area contributed by atoms with Crippen molar-refractivity contribution in [2.24, 2.45) is 5.73 Å². The summed E-state index contributed by atoms with van der Waals surface area (Å²) in [6.07, 6.45) is -1.33. The second-order valence-corrected chi connectivity index (χ2v) is 2.67. The minimum Gasteiger partial charge on any atom is -0.458 e. The number of hydrogen-bond acceptors (Lipinski definition) is 4. The first-order chi connectivity index (χ1) is 4.95. The second kappa shape index (κ2) is 4.31. The fourth-order valence-corrected chi connectivity index (χ4v) is 0.837. The van der Waals surface area contributed by atoms with E-state index in [2.05, 4.69) is 0 Å². The highest BCUT2D eigenvalue weighted by atomic mass is 16.6. The second-order valence-electron chi connectivity index (χ2n) is 2.67. The summed E-state index contributed by atoms with van der Waals surface area (Å²) in [6, 6.07) is -0.348. The normalized spacial score (nSPS) is 18.6. The van der Waals surface area contributed by atoms with Crippen molar-refractivity contribution in [2.75, 3.05) is 0 Å². The van der Waals surface area contributed by atoms with Crippen molar-refractivity contribution >= 4 is 5.97 Å². The van der Waals surface area contributed by atoms with Crippen molar-refractivity contribution in [1.82, 2.24) is 0 Å². The third-order valence-corrected chi connectivity index (χ3v) is 1.30. The zero-order chi connectivity index (χ0) is 9.02. The van der Waals surface area contributed by atoms with Gasteiger partial charge in [0.2, 0.25) is 0 Å². The molecule has 66 valence electrons. The van der Waals surface area contributed by atoms with Crippen molar-refractivity contribution in [3.8, 4) is 0 Å². The molecule has 3 unspecified atom stereocenters. The predicted molar refractivity (Wildman–Crippen MR) is 40.9 cm³/mol. The molecular formula is C7H15NO3. The number of carbonyl (C=O) groups is 1. The Bertz CT molecular complexity index is 126. The molecule has 4 heteroatoms. The third kappa shape index (κ3) is 3.95. The molecule has 3 atom stereocenters. The average molecular weight is 161 g/mol. The third-order valence-electron chi connectivity index (χ3n) is 1.30. The Hall–Kier alpha value is -0.610. The fourth-order valence-electron chi connectivity index (χ4n) is 0.837. The van der Waals surface area contributed by atoms with Crippen LogP contribution in [-0.2, 0) is 9.53 Å². The van der Waals surface area contributed by atoms with Crippen LogP contribution >= 0.6 is 0 Å². The molecule has 11 heavy (non-hydrogen) atoms. The quantitative estimate of drug-likeness (QED) is 0.555. The maximum Gasteiger partial charge on any atom is 0.303 e. The maximum absolute atomic E-state index is 10.5. The number of ether oxygens (including phenoxy) is 1. The number of hydrogen-bond donors (Lipinski definition) is 2. The highest BCUT2D eigenvalue weighted by Gasteiger charge is 2.21. The number of carbonyl (C=O) groups excluding carboxylic acids is 1. The Kier molecular flexibility index (Phi) is 4.07. The summed E-state index contributed by atoms with van der Waals surface area (Å²) in [5.74, 6) is -0.423. The first kappa shape index (κ1) is 10.4. The summed E-state index contributed by atoms with van der Waals surface area (Å²) in [6.45, 7) is 4.51. The van der Waals surface area contributed by atoms with Crippen LogP contribution in [0, 0.1) is 0 Å². The lowest BCUT2D eigenvalue weighted by Crippen LogP contribution is -2.42. The number of rotatable bonds is 3. The molecular weight excluding hydrogens is 146 g/mol. The summed E-state index contributed by atoms with van der Waals surface area (Å²) in [5.41, 5.74) is 5.45. The van der Waals surface area contributed by atoms with Gasteiger partial charge in [0, 0.05) is 13.0 Å². The Labute approximate surface area is 66.3 Å². The minimum absolute atomic E-state index is 0.348. The van der Waals surface area contributed by atoms with Gasteiger partial charge in [-0.2, -0.15) is 0 Å². The molecule has 0 radical (unpaired) electrons. The van der Waals surface area contributed by atoms with Gasteiger partial charge in [-0.25, -0.2) is 0 Å². The highest BCUT2D eigenvalue weighted by molar-refractivity contribution is 5.66. The van der Waals surface area contributed by atoms with Gasteiger partial charge in [-0.3, -0.25) is 4.79 Å². The average Bonchev–Trinajstić information content (AvgIpc) is 1.81. The van der Waals surface area contributed by atoms with Crippen LogP contribution in [0.3, 0.4) is 0 Å². The maximum atomic E-state index is 10.5. The van der Waals surface area contributed by atoms with Crippen LogP contribution in [-0.4, -0.2) is 29.3 Å². The van der Waals surface area contributed by atoms with Gasteiger partial charge in [0.15, 0.2) is 0 Å². The van der Waals surface area contributed by atoms with E-state index < -0.39 is 18.2 Å². The fraction of sp³-hybridized carbons (Fsp3) is 0.857. The van der Waals surface area contributed by atoms with Crippen LogP contribution in [0.1, 0.15) is 20.8 Å².